The van der Waals surface area contributed by atoms with Crippen molar-refractivity contribution in [3.05, 3.63) is 105 Å². The van der Waals surface area contributed by atoms with Gasteiger partial charge in [0.25, 0.3) is 11.6 Å². The number of nitro groups is 1. The molecule has 1 saturated heterocycles. The van der Waals surface area contributed by atoms with Crippen LogP contribution in [0.2, 0.25) is 0 Å². The molecule has 0 atom stereocenters. The first kappa shape index (κ1) is 24.6. The van der Waals surface area contributed by atoms with Crippen LogP contribution in [-0.4, -0.2) is 47.1 Å². The number of amides is 1. The summed E-state index contributed by atoms with van der Waals surface area (Å²) in [5.74, 6) is 0.383. The predicted octanol–water partition coefficient (Wildman–Crippen LogP) is 5.27. The Bertz CT molecular complexity index is 1380. The van der Waals surface area contributed by atoms with Gasteiger partial charge in [0.15, 0.2) is 5.17 Å². The molecule has 3 aromatic carbocycles. The molecule has 0 aromatic heterocycles. The molecule has 37 heavy (non-hydrogen) atoms. The highest BCUT2D eigenvalue weighted by Gasteiger charge is 2.29. The number of piperazine rings is 1. The van der Waals surface area contributed by atoms with E-state index in [-0.39, 0.29) is 18.2 Å². The monoisotopic (exact) mass is 514 g/mol. The lowest BCUT2D eigenvalue weighted by molar-refractivity contribution is -0.384. The number of thioether (sulfide) groups is 1. The first-order valence-corrected chi connectivity index (χ1v) is 12.8. The highest BCUT2D eigenvalue weighted by atomic mass is 32.2. The zero-order chi connectivity index (χ0) is 25.8. The van der Waals surface area contributed by atoms with Crippen molar-refractivity contribution >= 4 is 40.3 Å². The Balaban J connectivity index is 1.22. The average Bonchev–Trinajstić information content (AvgIpc) is 3.28. The molecule has 188 valence electrons. The minimum absolute atomic E-state index is 0.0399. The molecule has 0 unspecified atom stereocenters. The lowest BCUT2D eigenvalue weighted by atomic mass is 10.1. The van der Waals surface area contributed by atoms with Gasteiger partial charge in [-0.1, -0.05) is 36.4 Å². The van der Waals surface area contributed by atoms with Gasteiger partial charge in [0, 0.05) is 49.6 Å². The number of nitrogens with zero attached hydrogens (tertiary/aromatic N) is 4. The number of amidine groups is 1. The van der Waals surface area contributed by atoms with Crippen LogP contribution >= 0.6 is 11.8 Å². The maximum atomic E-state index is 12.7. The fraction of sp³-hybridized carbons (Fsp3) is 0.214. The number of hydrogen-bond donors (Lipinski definition) is 0. The Labute approximate surface area is 219 Å². The summed E-state index contributed by atoms with van der Waals surface area (Å²) in [6, 6.07) is 22.2. The van der Waals surface area contributed by atoms with Crippen molar-refractivity contribution in [2.75, 3.05) is 31.1 Å². The highest BCUT2D eigenvalue weighted by Crippen LogP contribution is 2.33. The summed E-state index contributed by atoms with van der Waals surface area (Å²) in [7, 11) is 0. The van der Waals surface area contributed by atoms with E-state index in [4.69, 9.17) is 4.74 Å². The summed E-state index contributed by atoms with van der Waals surface area (Å²) >= 11 is 1.40. The Kier molecular flexibility index (Phi) is 7.23. The molecule has 1 amide bonds. The lowest BCUT2D eigenvalue weighted by Gasteiger charge is -2.37. The van der Waals surface area contributed by atoms with E-state index in [9.17, 15) is 14.9 Å². The summed E-state index contributed by atoms with van der Waals surface area (Å²) in [6.07, 6.45) is 1.82. The van der Waals surface area contributed by atoms with Gasteiger partial charge in [-0.2, -0.15) is 4.99 Å². The molecular formula is C28H26N4O4S. The number of rotatable bonds is 6. The SMILES string of the molecule is Cc1ccccc1N1CCN(C2=NC(=O)/C(=C\c3ccccc3OCc3ccc([N+](=O)[O-])cc3)S2)CC1. The van der Waals surface area contributed by atoms with Gasteiger partial charge >= 0.3 is 0 Å². The fourth-order valence-corrected chi connectivity index (χ4v) is 5.29. The number of nitro benzene ring substituents is 1. The number of non-ortho nitro benzene ring substituents is 1. The van der Waals surface area contributed by atoms with Crippen LogP contribution in [-0.2, 0) is 11.4 Å². The van der Waals surface area contributed by atoms with Crippen LogP contribution in [0.1, 0.15) is 16.7 Å². The van der Waals surface area contributed by atoms with E-state index in [1.165, 1.54) is 35.1 Å². The largest absolute Gasteiger partial charge is 0.488 e. The van der Waals surface area contributed by atoms with Crippen molar-refractivity contribution in [1.29, 1.82) is 0 Å². The predicted molar refractivity (Wildman–Crippen MR) is 147 cm³/mol. The van der Waals surface area contributed by atoms with Crippen molar-refractivity contribution in [1.82, 2.24) is 4.90 Å². The standard InChI is InChI=1S/C28H26N4O4S/c1-20-6-2-4-8-24(20)30-14-16-31(17-15-30)28-29-27(33)26(37-28)18-22-7-3-5-9-25(22)36-19-21-10-12-23(13-11-21)32(34)35/h2-13,18H,14-17,19H2,1H3/b26-18+. The number of carbonyl (C=O) groups is 1. The molecule has 2 aliphatic rings. The number of aryl methyl sites for hydroxylation is 1. The summed E-state index contributed by atoms with van der Waals surface area (Å²) in [4.78, 5) is 32.6. The molecular weight excluding hydrogens is 488 g/mol. The number of anilines is 1. The quantitative estimate of drug-likeness (QED) is 0.251. The molecule has 0 aliphatic carbocycles. The molecule has 0 bridgehead atoms. The molecule has 0 N–H and O–H groups in total. The summed E-state index contributed by atoms with van der Waals surface area (Å²) < 4.78 is 5.99. The number of hydrogen-bond acceptors (Lipinski definition) is 7. The second-order valence-corrected chi connectivity index (χ2v) is 9.83. The van der Waals surface area contributed by atoms with Gasteiger partial charge < -0.3 is 14.5 Å². The number of carbonyl (C=O) groups excluding carboxylic acids is 1. The molecule has 8 nitrogen and oxygen atoms in total. The Hall–Kier alpha value is -4.11. The van der Waals surface area contributed by atoms with E-state index in [2.05, 4.69) is 46.0 Å². The third kappa shape index (κ3) is 5.67. The zero-order valence-corrected chi connectivity index (χ0v) is 21.2. The van der Waals surface area contributed by atoms with Crippen molar-refractivity contribution in [3.8, 4) is 5.75 Å². The molecule has 0 radical (unpaired) electrons. The Morgan fingerprint density at radius 3 is 2.38 bits per heavy atom. The van der Waals surface area contributed by atoms with Gasteiger partial charge in [-0.15, -0.1) is 0 Å². The number of ether oxygens (including phenoxy) is 1. The molecule has 1 fully saturated rings. The van der Waals surface area contributed by atoms with Crippen LogP contribution in [0.15, 0.2) is 82.7 Å². The third-order valence-electron chi connectivity index (χ3n) is 6.36. The van der Waals surface area contributed by atoms with Crippen LogP contribution in [0.25, 0.3) is 6.08 Å². The van der Waals surface area contributed by atoms with Crippen molar-refractivity contribution in [2.45, 2.75) is 13.5 Å². The first-order chi connectivity index (χ1) is 18.0. The number of aliphatic imine (C=N–C) groups is 1. The van der Waals surface area contributed by atoms with Crippen LogP contribution < -0.4 is 9.64 Å². The molecule has 9 heteroatoms. The summed E-state index contributed by atoms with van der Waals surface area (Å²) in [6.45, 7) is 5.73. The summed E-state index contributed by atoms with van der Waals surface area (Å²) in [5, 5.41) is 11.6. The number of benzene rings is 3. The molecule has 3 aromatic rings. The van der Waals surface area contributed by atoms with Crippen molar-refractivity contribution in [2.24, 2.45) is 4.99 Å². The topological polar surface area (TPSA) is 88.3 Å². The minimum atomic E-state index is -0.428. The Morgan fingerprint density at radius 1 is 0.973 bits per heavy atom. The molecule has 0 spiro atoms. The van der Waals surface area contributed by atoms with E-state index in [1.54, 1.807) is 12.1 Å². The van der Waals surface area contributed by atoms with E-state index in [0.717, 1.165) is 42.5 Å². The third-order valence-corrected chi connectivity index (χ3v) is 7.41. The molecule has 5 rings (SSSR count). The van der Waals surface area contributed by atoms with Crippen LogP contribution in [0.5, 0.6) is 5.75 Å². The van der Waals surface area contributed by atoms with Gasteiger partial charge in [0.2, 0.25) is 0 Å². The number of para-hydroxylation sites is 2. The summed E-state index contributed by atoms with van der Waals surface area (Å²) in [5.41, 5.74) is 4.15. The maximum Gasteiger partial charge on any atom is 0.286 e. The van der Waals surface area contributed by atoms with Crippen molar-refractivity contribution in [3.63, 3.8) is 0 Å². The van der Waals surface area contributed by atoms with Crippen LogP contribution in [0.3, 0.4) is 0 Å². The van der Waals surface area contributed by atoms with E-state index >= 15 is 0 Å². The van der Waals surface area contributed by atoms with E-state index in [1.807, 2.05) is 30.3 Å². The molecule has 2 heterocycles. The van der Waals surface area contributed by atoms with E-state index in [0.29, 0.717) is 10.7 Å². The van der Waals surface area contributed by atoms with Gasteiger partial charge in [-0.05, 0) is 60.2 Å². The molecule has 0 saturated carbocycles. The van der Waals surface area contributed by atoms with Crippen LogP contribution in [0, 0.1) is 17.0 Å². The van der Waals surface area contributed by atoms with Gasteiger partial charge in [0.1, 0.15) is 12.4 Å². The maximum absolute atomic E-state index is 12.7. The average molecular weight is 515 g/mol. The smallest absolute Gasteiger partial charge is 0.286 e. The second-order valence-electron chi connectivity index (χ2n) is 8.82. The van der Waals surface area contributed by atoms with E-state index < -0.39 is 4.92 Å². The van der Waals surface area contributed by atoms with Crippen LogP contribution in [0.4, 0.5) is 11.4 Å². The second kappa shape index (κ2) is 10.9. The van der Waals surface area contributed by atoms with Gasteiger partial charge in [-0.25, -0.2) is 0 Å². The van der Waals surface area contributed by atoms with Crippen molar-refractivity contribution < 1.29 is 14.5 Å². The Morgan fingerprint density at radius 2 is 1.65 bits per heavy atom. The normalized spacial score (nSPS) is 16.7. The zero-order valence-electron chi connectivity index (χ0n) is 20.4. The van der Waals surface area contributed by atoms with Gasteiger partial charge in [-0.3, -0.25) is 14.9 Å². The minimum Gasteiger partial charge on any atom is -0.488 e. The first-order valence-electron chi connectivity index (χ1n) is 12.0. The fourth-order valence-electron chi connectivity index (χ4n) is 4.34. The highest BCUT2D eigenvalue weighted by molar-refractivity contribution is 8.18. The van der Waals surface area contributed by atoms with Gasteiger partial charge in [0.05, 0.1) is 9.83 Å². The molecule has 2 aliphatic heterocycles. The lowest BCUT2D eigenvalue weighted by Crippen LogP contribution is -2.48.